The molecule has 2 N–H and O–H groups in total. The zero-order chi connectivity index (χ0) is 21.7. The molecule has 0 aliphatic carbocycles. The lowest BCUT2D eigenvalue weighted by Gasteiger charge is -2.25. The lowest BCUT2D eigenvalue weighted by Crippen LogP contribution is -2.33. The number of carbonyl (C=O) groups excluding carboxylic acids is 1. The number of amides is 1. The van der Waals surface area contributed by atoms with E-state index in [1.807, 2.05) is 42.5 Å². The summed E-state index contributed by atoms with van der Waals surface area (Å²) in [6.45, 7) is 0.668. The zero-order valence-electron chi connectivity index (χ0n) is 16.4. The highest BCUT2D eigenvalue weighted by molar-refractivity contribution is 6.42. The molecule has 154 valence electrons. The summed E-state index contributed by atoms with van der Waals surface area (Å²) < 4.78 is 5.45. The highest BCUT2D eigenvalue weighted by Gasteiger charge is 2.21. The van der Waals surface area contributed by atoms with Gasteiger partial charge in [-0.15, -0.1) is 0 Å². The quantitative estimate of drug-likeness (QED) is 0.567. The predicted octanol–water partition coefficient (Wildman–Crippen LogP) is 4.86. The van der Waals surface area contributed by atoms with Crippen molar-refractivity contribution in [3.05, 3.63) is 75.8 Å². The fourth-order valence-corrected chi connectivity index (χ4v) is 3.67. The third-order valence-corrected chi connectivity index (χ3v) is 5.65. The van der Waals surface area contributed by atoms with Gasteiger partial charge >= 0.3 is 0 Å². The van der Waals surface area contributed by atoms with E-state index < -0.39 is 0 Å². The third kappa shape index (κ3) is 4.85. The van der Waals surface area contributed by atoms with Gasteiger partial charge in [0.05, 0.1) is 15.6 Å². The molecule has 0 saturated heterocycles. The van der Waals surface area contributed by atoms with Crippen LogP contribution in [0.2, 0.25) is 10.0 Å². The highest BCUT2D eigenvalue weighted by atomic mass is 35.5. The second-order valence-electron chi connectivity index (χ2n) is 6.93. The summed E-state index contributed by atoms with van der Waals surface area (Å²) in [5.74, 6) is 0.219. The second kappa shape index (κ2) is 9.82. The molecule has 0 fully saturated rings. The predicted molar refractivity (Wildman–Crippen MR) is 120 cm³/mol. The van der Waals surface area contributed by atoms with Crippen molar-refractivity contribution >= 4 is 39.9 Å². The molecule has 0 heterocycles. The van der Waals surface area contributed by atoms with Crippen molar-refractivity contribution in [2.45, 2.75) is 5.92 Å². The number of fused-ring (bicyclic) bond motifs is 1. The van der Waals surface area contributed by atoms with Crippen molar-refractivity contribution in [3.63, 3.8) is 0 Å². The Morgan fingerprint density at radius 1 is 1.17 bits per heavy atom. The van der Waals surface area contributed by atoms with Crippen LogP contribution in [0.3, 0.4) is 0 Å². The van der Waals surface area contributed by atoms with Gasteiger partial charge in [0.15, 0.2) is 6.61 Å². The van der Waals surface area contributed by atoms with Gasteiger partial charge in [-0.3, -0.25) is 4.79 Å². The third-order valence-electron chi connectivity index (χ3n) is 4.91. The molecule has 1 amide bonds. The molecule has 0 aromatic heterocycles. The highest BCUT2D eigenvalue weighted by Crippen LogP contribution is 2.29. The SMILES string of the molecule is CN(C[C@H](CN)c1ccc(Cl)c(Cl)c1)C(=O)c1cc(OCC#N)cc2ccccc12. The number of likely N-dealkylation sites (N-methyl/N-ethyl adjacent to an activating group) is 1. The molecule has 0 aliphatic heterocycles. The maximum atomic E-state index is 13.3. The first-order valence-electron chi connectivity index (χ1n) is 9.37. The first kappa shape index (κ1) is 21.9. The normalized spacial score (nSPS) is 11.7. The van der Waals surface area contributed by atoms with Crippen LogP contribution in [0.1, 0.15) is 21.8 Å². The average Bonchev–Trinajstić information content (AvgIpc) is 2.76. The van der Waals surface area contributed by atoms with Gasteiger partial charge in [0.1, 0.15) is 11.8 Å². The van der Waals surface area contributed by atoms with Crippen molar-refractivity contribution in [2.24, 2.45) is 5.73 Å². The number of nitrogens with zero attached hydrogens (tertiary/aromatic N) is 2. The molecule has 0 bridgehead atoms. The van der Waals surface area contributed by atoms with Crippen LogP contribution >= 0.6 is 23.2 Å². The van der Waals surface area contributed by atoms with Gasteiger partial charge in [-0.05, 0) is 40.6 Å². The Morgan fingerprint density at radius 3 is 2.63 bits per heavy atom. The fourth-order valence-electron chi connectivity index (χ4n) is 3.36. The van der Waals surface area contributed by atoms with Crippen LogP contribution in [0.15, 0.2) is 54.6 Å². The number of benzene rings is 3. The van der Waals surface area contributed by atoms with Crippen LogP contribution in [-0.2, 0) is 0 Å². The van der Waals surface area contributed by atoms with Gasteiger partial charge in [-0.1, -0.05) is 53.5 Å². The van der Waals surface area contributed by atoms with E-state index >= 15 is 0 Å². The first-order chi connectivity index (χ1) is 14.4. The summed E-state index contributed by atoms with van der Waals surface area (Å²) in [5, 5.41) is 11.4. The Labute approximate surface area is 185 Å². The Balaban J connectivity index is 1.90. The van der Waals surface area contributed by atoms with Crippen molar-refractivity contribution < 1.29 is 9.53 Å². The zero-order valence-corrected chi connectivity index (χ0v) is 18.0. The molecule has 7 heteroatoms. The minimum absolute atomic E-state index is 0.0889. The summed E-state index contributed by atoms with van der Waals surface area (Å²) in [4.78, 5) is 14.9. The molecule has 3 rings (SSSR count). The number of ether oxygens (including phenoxy) is 1. The maximum Gasteiger partial charge on any atom is 0.254 e. The molecular formula is C23H21Cl2N3O2. The number of hydrogen-bond donors (Lipinski definition) is 1. The molecule has 0 spiro atoms. The fraction of sp³-hybridized carbons (Fsp3) is 0.217. The average molecular weight is 442 g/mol. The van der Waals surface area contributed by atoms with Gasteiger partial charge in [-0.2, -0.15) is 5.26 Å². The van der Waals surface area contributed by atoms with Gasteiger partial charge in [-0.25, -0.2) is 0 Å². The largest absolute Gasteiger partial charge is 0.479 e. The van der Waals surface area contributed by atoms with Crippen molar-refractivity contribution in [1.29, 1.82) is 5.26 Å². The summed E-state index contributed by atoms with van der Waals surface area (Å²) in [5.41, 5.74) is 7.41. The van der Waals surface area contributed by atoms with Crippen LogP contribution in [0.25, 0.3) is 10.8 Å². The van der Waals surface area contributed by atoms with Gasteiger partial charge in [0.25, 0.3) is 5.91 Å². The van der Waals surface area contributed by atoms with Crippen molar-refractivity contribution in [2.75, 3.05) is 26.7 Å². The van der Waals surface area contributed by atoms with Crippen molar-refractivity contribution in [1.82, 2.24) is 4.90 Å². The topological polar surface area (TPSA) is 79.3 Å². The van der Waals surface area contributed by atoms with E-state index in [1.165, 1.54) is 0 Å². The molecule has 3 aromatic rings. The molecule has 30 heavy (non-hydrogen) atoms. The minimum Gasteiger partial charge on any atom is -0.479 e. The standard InChI is InChI=1S/C23H21Cl2N3O2/c1-28(14-17(13-27)15-6-7-21(24)22(25)11-15)23(29)20-12-18(30-9-8-26)10-16-4-2-3-5-19(16)20/h2-7,10-12,17H,9,13-14,27H2,1H3/t17-/m0/s1. The van der Waals surface area contributed by atoms with Crippen LogP contribution in [0, 0.1) is 11.3 Å². The Morgan fingerprint density at radius 2 is 1.93 bits per heavy atom. The summed E-state index contributed by atoms with van der Waals surface area (Å²) in [6, 6.07) is 18.4. The van der Waals surface area contributed by atoms with E-state index in [9.17, 15) is 4.79 Å². The Kier molecular flexibility index (Phi) is 7.17. The molecular weight excluding hydrogens is 421 g/mol. The number of halogens is 2. The molecule has 0 unspecified atom stereocenters. The lowest BCUT2D eigenvalue weighted by atomic mass is 9.98. The van der Waals surface area contributed by atoms with Crippen LogP contribution in [-0.4, -0.2) is 37.6 Å². The molecule has 5 nitrogen and oxygen atoms in total. The van der Waals surface area contributed by atoms with E-state index in [4.69, 9.17) is 38.9 Å². The van der Waals surface area contributed by atoms with Crippen molar-refractivity contribution in [3.8, 4) is 11.8 Å². The summed E-state index contributed by atoms with van der Waals surface area (Å²) in [7, 11) is 1.74. The Bertz CT molecular complexity index is 1110. The van der Waals surface area contributed by atoms with E-state index in [1.54, 1.807) is 30.1 Å². The second-order valence-corrected chi connectivity index (χ2v) is 7.75. The minimum atomic E-state index is -0.160. The molecule has 3 aromatic carbocycles. The number of rotatable bonds is 7. The van der Waals surface area contributed by atoms with Gasteiger partial charge in [0, 0.05) is 26.1 Å². The smallest absolute Gasteiger partial charge is 0.254 e. The van der Waals surface area contributed by atoms with E-state index in [2.05, 4.69) is 0 Å². The van der Waals surface area contributed by atoms with Crippen LogP contribution in [0.4, 0.5) is 0 Å². The summed E-state index contributed by atoms with van der Waals surface area (Å²) in [6.07, 6.45) is 0. The number of nitriles is 1. The Hall–Kier alpha value is -2.78. The van der Waals surface area contributed by atoms with Gasteiger partial charge in [0.2, 0.25) is 0 Å². The summed E-state index contributed by atoms with van der Waals surface area (Å²) >= 11 is 12.2. The van der Waals surface area contributed by atoms with E-state index in [0.717, 1.165) is 16.3 Å². The molecule has 1 atom stereocenters. The van der Waals surface area contributed by atoms with E-state index in [0.29, 0.717) is 34.4 Å². The molecule has 0 radical (unpaired) electrons. The molecule has 0 saturated carbocycles. The monoisotopic (exact) mass is 441 g/mol. The first-order valence-corrected chi connectivity index (χ1v) is 10.1. The number of nitrogens with two attached hydrogens (primary N) is 1. The number of hydrogen-bond acceptors (Lipinski definition) is 4. The molecule has 0 aliphatic rings. The lowest BCUT2D eigenvalue weighted by molar-refractivity contribution is 0.0788. The van der Waals surface area contributed by atoms with Crippen LogP contribution in [0.5, 0.6) is 5.75 Å². The maximum absolute atomic E-state index is 13.3. The van der Waals surface area contributed by atoms with E-state index in [-0.39, 0.29) is 18.4 Å². The van der Waals surface area contributed by atoms with Crippen LogP contribution < -0.4 is 10.5 Å². The number of carbonyl (C=O) groups is 1. The van der Waals surface area contributed by atoms with Gasteiger partial charge < -0.3 is 15.4 Å².